The van der Waals surface area contributed by atoms with Crippen LogP contribution in [0.25, 0.3) is 0 Å². The SMILES string of the molecule is C=C(C)OCCC[Si](OCC)(OCC)OCC. The van der Waals surface area contributed by atoms with Gasteiger partial charge in [-0.3, -0.25) is 0 Å². The fourth-order valence-corrected chi connectivity index (χ4v) is 4.12. The maximum absolute atomic E-state index is 5.73. The first-order valence-electron chi connectivity index (χ1n) is 6.30. The quantitative estimate of drug-likeness (QED) is 0.326. The summed E-state index contributed by atoms with van der Waals surface area (Å²) in [5, 5.41) is 0. The molecule has 0 unspecified atom stereocenters. The number of ether oxygens (including phenoxy) is 1. The molecule has 0 N–H and O–H groups in total. The van der Waals surface area contributed by atoms with Crippen molar-refractivity contribution in [3.05, 3.63) is 12.3 Å². The highest BCUT2D eigenvalue weighted by molar-refractivity contribution is 6.60. The van der Waals surface area contributed by atoms with Crippen molar-refractivity contribution in [3.8, 4) is 0 Å². The predicted octanol–water partition coefficient (Wildman–Crippen LogP) is 2.98. The minimum atomic E-state index is -2.48. The Hall–Kier alpha value is -0.363. The van der Waals surface area contributed by atoms with E-state index in [1.54, 1.807) is 0 Å². The van der Waals surface area contributed by atoms with Gasteiger partial charge in [-0.1, -0.05) is 6.58 Å². The molecule has 0 aliphatic heterocycles. The molecule has 0 aliphatic rings. The molecule has 0 aromatic carbocycles. The van der Waals surface area contributed by atoms with Gasteiger partial charge in [-0.05, 0) is 34.1 Å². The topological polar surface area (TPSA) is 36.9 Å². The van der Waals surface area contributed by atoms with Gasteiger partial charge in [0.05, 0.1) is 12.4 Å². The minimum absolute atomic E-state index is 0.619. The maximum Gasteiger partial charge on any atom is 0.501 e. The molecular formula is C12H26O4Si. The van der Waals surface area contributed by atoms with Crippen molar-refractivity contribution < 1.29 is 18.0 Å². The summed E-state index contributed by atoms with van der Waals surface area (Å²) in [4.78, 5) is 0. The van der Waals surface area contributed by atoms with Crippen molar-refractivity contribution in [1.82, 2.24) is 0 Å². The van der Waals surface area contributed by atoms with Crippen LogP contribution in [-0.4, -0.2) is 35.2 Å². The Kier molecular flexibility index (Phi) is 9.44. The summed E-state index contributed by atoms with van der Waals surface area (Å²) in [5.74, 6) is 0.737. The van der Waals surface area contributed by atoms with E-state index in [0.717, 1.165) is 18.2 Å². The second-order valence-corrected chi connectivity index (χ2v) is 6.37. The highest BCUT2D eigenvalue weighted by Crippen LogP contribution is 2.18. The van der Waals surface area contributed by atoms with Crippen molar-refractivity contribution in [2.45, 2.75) is 40.2 Å². The van der Waals surface area contributed by atoms with Crippen molar-refractivity contribution in [2.24, 2.45) is 0 Å². The van der Waals surface area contributed by atoms with Crippen molar-refractivity contribution in [1.29, 1.82) is 0 Å². The Balaban J connectivity index is 4.18. The summed E-state index contributed by atoms with van der Waals surface area (Å²) in [5.41, 5.74) is 0. The fourth-order valence-electron chi connectivity index (χ4n) is 1.54. The highest BCUT2D eigenvalue weighted by Gasteiger charge is 2.39. The van der Waals surface area contributed by atoms with Gasteiger partial charge in [-0.2, -0.15) is 0 Å². The second kappa shape index (κ2) is 9.64. The summed E-state index contributed by atoms with van der Waals surface area (Å²) in [7, 11) is -2.48. The van der Waals surface area contributed by atoms with Gasteiger partial charge in [0.25, 0.3) is 0 Å². The number of allylic oxidation sites excluding steroid dienone is 1. The molecule has 0 saturated heterocycles. The molecule has 102 valence electrons. The average Bonchev–Trinajstić information content (AvgIpc) is 2.25. The molecule has 0 aromatic rings. The van der Waals surface area contributed by atoms with Crippen LogP contribution in [0.5, 0.6) is 0 Å². The Bertz CT molecular complexity index is 192. The minimum Gasteiger partial charge on any atom is -0.499 e. The normalized spacial score (nSPS) is 11.5. The van der Waals surface area contributed by atoms with Crippen molar-refractivity contribution >= 4 is 8.80 Å². The third kappa shape index (κ3) is 7.54. The maximum atomic E-state index is 5.73. The molecule has 5 heteroatoms. The Morgan fingerprint density at radius 3 is 1.82 bits per heavy atom. The molecule has 0 radical (unpaired) electrons. The molecule has 0 rings (SSSR count). The Morgan fingerprint density at radius 2 is 1.47 bits per heavy atom. The van der Waals surface area contributed by atoms with Crippen LogP contribution in [0.3, 0.4) is 0 Å². The van der Waals surface area contributed by atoms with Crippen LogP contribution in [0.1, 0.15) is 34.1 Å². The van der Waals surface area contributed by atoms with Gasteiger partial charge in [0.1, 0.15) is 0 Å². The van der Waals surface area contributed by atoms with Crippen LogP contribution in [0, 0.1) is 0 Å². The molecule has 0 bridgehead atoms. The molecule has 0 heterocycles. The monoisotopic (exact) mass is 262 g/mol. The zero-order valence-electron chi connectivity index (χ0n) is 11.6. The molecule has 0 fully saturated rings. The van der Waals surface area contributed by atoms with Crippen molar-refractivity contribution in [2.75, 3.05) is 26.4 Å². The van der Waals surface area contributed by atoms with Gasteiger partial charge in [0.15, 0.2) is 0 Å². The van der Waals surface area contributed by atoms with E-state index in [4.69, 9.17) is 18.0 Å². The molecule has 4 nitrogen and oxygen atoms in total. The molecular weight excluding hydrogens is 236 g/mol. The highest BCUT2D eigenvalue weighted by atomic mass is 28.4. The van der Waals surface area contributed by atoms with Gasteiger partial charge in [-0.15, -0.1) is 0 Å². The number of hydrogen-bond donors (Lipinski definition) is 0. The summed E-state index contributed by atoms with van der Waals surface area (Å²) >= 11 is 0. The summed E-state index contributed by atoms with van der Waals surface area (Å²) < 4.78 is 22.5. The first-order chi connectivity index (χ1) is 8.10. The first-order valence-corrected chi connectivity index (χ1v) is 8.23. The third-order valence-electron chi connectivity index (χ3n) is 2.07. The lowest BCUT2D eigenvalue weighted by atomic mass is 10.5. The average molecular weight is 262 g/mol. The summed E-state index contributed by atoms with van der Waals surface area (Å²) in [6.45, 7) is 13.9. The van der Waals surface area contributed by atoms with Gasteiger partial charge in [0.2, 0.25) is 0 Å². The van der Waals surface area contributed by atoms with Crippen LogP contribution in [0.2, 0.25) is 6.04 Å². The fraction of sp³-hybridized carbons (Fsp3) is 0.833. The lowest BCUT2D eigenvalue weighted by Crippen LogP contribution is -2.46. The van der Waals surface area contributed by atoms with E-state index in [0.29, 0.717) is 26.4 Å². The summed E-state index contributed by atoms with van der Waals surface area (Å²) in [6.07, 6.45) is 0.860. The van der Waals surface area contributed by atoms with Gasteiger partial charge in [0, 0.05) is 25.9 Å². The van der Waals surface area contributed by atoms with E-state index in [2.05, 4.69) is 6.58 Å². The van der Waals surface area contributed by atoms with E-state index in [1.807, 2.05) is 27.7 Å². The Labute approximate surface area is 106 Å². The molecule has 0 amide bonds. The second-order valence-electron chi connectivity index (χ2n) is 3.64. The predicted molar refractivity (Wildman–Crippen MR) is 70.8 cm³/mol. The zero-order valence-corrected chi connectivity index (χ0v) is 12.6. The van der Waals surface area contributed by atoms with Crippen LogP contribution in [0.4, 0.5) is 0 Å². The third-order valence-corrected chi connectivity index (χ3v) is 5.22. The van der Waals surface area contributed by atoms with E-state index in [9.17, 15) is 0 Å². The lowest BCUT2D eigenvalue weighted by Gasteiger charge is -2.28. The van der Waals surface area contributed by atoms with E-state index in [-0.39, 0.29) is 0 Å². The zero-order chi connectivity index (χ0) is 13.1. The molecule has 0 aromatic heterocycles. The molecule has 0 spiro atoms. The van der Waals surface area contributed by atoms with E-state index < -0.39 is 8.80 Å². The largest absolute Gasteiger partial charge is 0.501 e. The molecule has 0 atom stereocenters. The smallest absolute Gasteiger partial charge is 0.499 e. The van der Waals surface area contributed by atoms with Gasteiger partial charge < -0.3 is 18.0 Å². The number of hydrogen-bond acceptors (Lipinski definition) is 4. The molecule has 0 aliphatic carbocycles. The van der Waals surface area contributed by atoms with Crippen LogP contribution >= 0.6 is 0 Å². The molecule has 17 heavy (non-hydrogen) atoms. The standard InChI is InChI=1S/C12H26O4Si/c1-6-14-17(15-7-2,16-8-3)11-9-10-13-12(4)5/h4,6-11H2,1-3,5H3. The Morgan fingerprint density at radius 1 is 1.00 bits per heavy atom. The lowest BCUT2D eigenvalue weighted by molar-refractivity contribution is 0.0685. The van der Waals surface area contributed by atoms with Crippen LogP contribution in [0.15, 0.2) is 12.3 Å². The van der Waals surface area contributed by atoms with Crippen molar-refractivity contribution in [3.63, 3.8) is 0 Å². The first kappa shape index (κ1) is 16.6. The van der Waals surface area contributed by atoms with Gasteiger partial charge >= 0.3 is 8.80 Å². The van der Waals surface area contributed by atoms with Gasteiger partial charge in [-0.25, -0.2) is 0 Å². The van der Waals surface area contributed by atoms with Crippen LogP contribution in [-0.2, 0) is 18.0 Å². The molecule has 0 saturated carbocycles. The van der Waals surface area contributed by atoms with E-state index >= 15 is 0 Å². The number of rotatable bonds is 11. The van der Waals surface area contributed by atoms with E-state index in [1.165, 1.54) is 0 Å². The summed E-state index contributed by atoms with van der Waals surface area (Å²) in [6, 6.07) is 0.788. The van der Waals surface area contributed by atoms with Crippen LogP contribution < -0.4 is 0 Å².